The summed E-state index contributed by atoms with van der Waals surface area (Å²) in [5.41, 5.74) is 1.14. The lowest BCUT2D eigenvalue weighted by molar-refractivity contribution is -0.143. The van der Waals surface area contributed by atoms with E-state index in [1.807, 2.05) is 17.0 Å². The van der Waals surface area contributed by atoms with Gasteiger partial charge in [0, 0.05) is 32.0 Å². The first kappa shape index (κ1) is 14.5. The Hall–Kier alpha value is -1.46. The van der Waals surface area contributed by atoms with Gasteiger partial charge in [0.15, 0.2) is 0 Å². The number of aryl methyl sites for hydroxylation is 1. The van der Waals surface area contributed by atoms with Gasteiger partial charge in [0.2, 0.25) is 5.91 Å². The molecule has 2 fully saturated rings. The molecule has 0 unspecified atom stereocenters. The molecule has 1 aromatic rings. The van der Waals surface area contributed by atoms with E-state index in [9.17, 15) is 9.90 Å². The summed E-state index contributed by atoms with van der Waals surface area (Å²) in [4.78, 5) is 18.5. The van der Waals surface area contributed by atoms with E-state index in [1.165, 1.54) is 0 Å². The predicted octanol–water partition coefficient (Wildman–Crippen LogP) is 1.01. The molecule has 5 nitrogen and oxygen atoms in total. The maximum absolute atomic E-state index is 12.5. The molecule has 0 bridgehead atoms. The number of fused-ring (bicyclic) bond motifs is 1. The lowest BCUT2D eigenvalue weighted by atomic mass is 10.1. The third-order valence-corrected chi connectivity index (χ3v) is 4.59. The molecule has 1 saturated heterocycles. The zero-order valence-electron chi connectivity index (χ0n) is 12.1. The Morgan fingerprint density at radius 1 is 1.38 bits per heavy atom. The van der Waals surface area contributed by atoms with E-state index in [0.717, 1.165) is 24.8 Å². The summed E-state index contributed by atoms with van der Waals surface area (Å²) in [6.45, 7) is 1.48. The number of aliphatic hydroxyl groups is 1. The normalized spacial score (nSPS) is 28.4. The van der Waals surface area contributed by atoms with Crippen LogP contribution in [0.15, 0.2) is 24.5 Å². The molecule has 2 heterocycles. The van der Waals surface area contributed by atoms with Gasteiger partial charge < -0.3 is 14.7 Å². The Bertz CT molecular complexity index is 480. The number of nitrogens with zero attached hydrogens (tertiary/aromatic N) is 2. The first-order valence-corrected chi connectivity index (χ1v) is 7.68. The molecule has 3 rings (SSSR count). The van der Waals surface area contributed by atoms with E-state index in [0.29, 0.717) is 19.6 Å². The van der Waals surface area contributed by atoms with Crippen LogP contribution >= 0.6 is 0 Å². The van der Waals surface area contributed by atoms with Gasteiger partial charge in [0.25, 0.3) is 0 Å². The minimum atomic E-state index is 0.112. The van der Waals surface area contributed by atoms with Gasteiger partial charge in [-0.3, -0.25) is 9.78 Å². The number of amides is 1. The van der Waals surface area contributed by atoms with Crippen molar-refractivity contribution in [1.82, 2.24) is 9.88 Å². The zero-order chi connectivity index (χ0) is 14.7. The van der Waals surface area contributed by atoms with Crippen LogP contribution < -0.4 is 0 Å². The molecule has 5 heteroatoms. The number of carbonyl (C=O) groups excluding carboxylic acids is 1. The fourth-order valence-corrected chi connectivity index (χ4v) is 3.45. The first-order chi connectivity index (χ1) is 10.3. The van der Waals surface area contributed by atoms with Crippen LogP contribution in [-0.4, -0.2) is 52.8 Å². The molecule has 2 aliphatic rings. The molecule has 21 heavy (non-hydrogen) atoms. The Morgan fingerprint density at radius 3 is 2.95 bits per heavy atom. The standard InChI is InChI=1S/C16H22N2O3/c19-11-13-9-14-15(10-13)21-8-7-18(14)16(20)2-1-12-3-5-17-6-4-12/h3-6,13-15,19H,1-2,7-11H2/t13-,14+,15+/m1/s1. The van der Waals surface area contributed by atoms with Crippen LogP contribution in [0.1, 0.15) is 24.8 Å². The number of pyridine rings is 1. The summed E-state index contributed by atoms with van der Waals surface area (Å²) >= 11 is 0. The van der Waals surface area contributed by atoms with Crippen LogP contribution in [0.4, 0.5) is 0 Å². The molecule has 0 radical (unpaired) electrons. The monoisotopic (exact) mass is 290 g/mol. The van der Waals surface area contributed by atoms with Gasteiger partial charge in [-0.05, 0) is 42.9 Å². The van der Waals surface area contributed by atoms with Gasteiger partial charge in [-0.2, -0.15) is 0 Å². The van der Waals surface area contributed by atoms with Crippen LogP contribution in [0.5, 0.6) is 0 Å². The molecule has 1 saturated carbocycles. The molecular weight excluding hydrogens is 268 g/mol. The molecule has 1 aliphatic heterocycles. The number of carbonyl (C=O) groups is 1. The van der Waals surface area contributed by atoms with E-state index >= 15 is 0 Å². The number of aliphatic hydroxyl groups excluding tert-OH is 1. The van der Waals surface area contributed by atoms with E-state index in [-0.39, 0.29) is 30.6 Å². The Labute approximate surface area is 124 Å². The Morgan fingerprint density at radius 2 is 2.19 bits per heavy atom. The Balaban J connectivity index is 1.59. The fraction of sp³-hybridized carbons (Fsp3) is 0.625. The van der Waals surface area contributed by atoms with E-state index in [1.54, 1.807) is 12.4 Å². The highest BCUT2D eigenvalue weighted by Crippen LogP contribution is 2.34. The average Bonchev–Trinajstić information content (AvgIpc) is 2.96. The maximum Gasteiger partial charge on any atom is 0.223 e. The number of rotatable bonds is 4. The van der Waals surface area contributed by atoms with Crippen LogP contribution in [-0.2, 0) is 16.0 Å². The molecule has 1 aromatic heterocycles. The first-order valence-electron chi connectivity index (χ1n) is 7.68. The maximum atomic E-state index is 12.5. The highest BCUT2D eigenvalue weighted by atomic mass is 16.5. The molecule has 0 spiro atoms. The second-order valence-electron chi connectivity index (χ2n) is 5.94. The lowest BCUT2D eigenvalue weighted by Gasteiger charge is -2.37. The zero-order valence-corrected chi connectivity index (χ0v) is 12.1. The van der Waals surface area contributed by atoms with Gasteiger partial charge in [0.1, 0.15) is 0 Å². The highest BCUT2D eigenvalue weighted by molar-refractivity contribution is 5.77. The van der Waals surface area contributed by atoms with Crippen LogP contribution in [0.25, 0.3) is 0 Å². The molecule has 1 N–H and O–H groups in total. The summed E-state index contributed by atoms with van der Waals surface area (Å²) in [7, 11) is 0. The van der Waals surface area contributed by atoms with Crippen molar-refractivity contribution in [2.75, 3.05) is 19.8 Å². The number of ether oxygens (including phenoxy) is 1. The predicted molar refractivity (Wildman–Crippen MR) is 77.6 cm³/mol. The van der Waals surface area contributed by atoms with E-state index in [2.05, 4.69) is 4.98 Å². The van der Waals surface area contributed by atoms with Gasteiger partial charge >= 0.3 is 0 Å². The fourth-order valence-electron chi connectivity index (χ4n) is 3.45. The third-order valence-electron chi connectivity index (χ3n) is 4.59. The van der Waals surface area contributed by atoms with Gasteiger partial charge in [0.05, 0.1) is 18.8 Å². The van der Waals surface area contributed by atoms with E-state index < -0.39 is 0 Å². The van der Waals surface area contributed by atoms with Gasteiger partial charge in [-0.1, -0.05) is 0 Å². The minimum Gasteiger partial charge on any atom is -0.396 e. The van der Waals surface area contributed by atoms with Crippen molar-refractivity contribution in [3.63, 3.8) is 0 Å². The quantitative estimate of drug-likeness (QED) is 0.899. The van der Waals surface area contributed by atoms with Gasteiger partial charge in [-0.15, -0.1) is 0 Å². The summed E-state index contributed by atoms with van der Waals surface area (Å²) in [6.07, 6.45) is 6.63. The smallest absolute Gasteiger partial charge is 0.223 e. The summed E-state index contributed by atoms with van der Waals surface area (Å²) in [5.74, 6) is 0.470. The second kappa shape index (κ2) is 6.54. The molecule has 114 valence electrons. The second-order valence-corrected chi connectivity index (χ2v) is 5.94. The summed E-state index contributed by atoms with van der Waals surface area (Å²) in [6, 6.07) is 4.06. The highest BCUT2D eigenvalue weighted by Gasteiger charge is 2.42. The van der Waals surface area contributed by atoms with Crippen molar-refractivity contribution in [3.8, 4) is 0 Å². The van der Waals surface area contributed by atoms with Crippen molar-refractivity contribution in [1.29, 1.82) is 0 Å². The molecule has 1 amide bonds. The number of morpholine rings is 1. The molecule has 3 atom stereocenters. The van der Waals surface area contributed by atoms with Crippen molar-refractivity contribution >= 4 is 5.91 Å². The SMILES string of the molecule is O=C(CCc1ccncc1)N1CCO[C@H]2C[C@H](CO)C[C@@H]21. The Kier molecular flexibility index (Phi) is 4.51. The van der Waals surface area contributed by atoms with Crippen molar-refractivity contribution < 1.29 is 14.6 Å². The topological polar surface area (TPSA) is 62.7 Å². The number of aromatic nitrogens is 1. The minimum absolute atomic E-state index is 0.112. The van der Waals surface area contributed by atoms with Crippen molar-refractivity contribution in [3.05, 3.63) is 30.1 Å². The average molecular weight is 290 g/mol. The van der Waals surface area contributed by atoms with Crippen molar-refractivity contribution in [2.45, 2.75) is 37.8 Å². The molecule has 1 aliphatic carbocycles. The number of hydrogen-bond donors (Lipinski definition) is 1. The summed E-state index contributed by atoms with van der Waals surface area (Å²) in [5, 5.41) is 9.33. The van der Waals surface area contributed by atoms with Crippen LogP contribution in [0, 0.1) is 5.92 Å². The van der Waals surface area contributed by atoms with Gasteiger partial charge in [-0.25, -0.2) is 0 Å². The third kappa shape index (κ3) is 3.24. The largest absolute Gasteiger partial charge is 0.396 e. The lowest BCUT2D eigenvalue weighted by Crippen LogP contribution is -2.51. The van der Waals surface area contributed by atoms with Crippen LogP contribution in [0.2, 0.25) is 0 Å². The van der Waals surface area contributed by atoms with Crippen molar-refractivity contribution in [2.24, 2.45) is 5.92 Å². The summed E-state index contributed by atoms with van der Waals surface area (Å²) < 4.78 is 5.76. The van der Waals surface area contributed by atoms with Crippen LogP contribution in [0.3, 0.4) is 0 Å². The molecule has 0 aromatic carbocycles. The number of hydrogen-bond acceptors (Lipinski definition) is 4. The van der Waals surface area contributed by atoms with E-state index in [4.69, 9.17) is 4.74 Å². The molecular formula is C16H22N2O3.